The van der Waals surface area contributed by atoms with Crippen molar-refractivity contribution in [2.75, 3.05) is 6.61 Å². The quantitative estimate of drug-likeness (QED) is 0.414. The summed E-state index contributed by atoms with van der Waals surface area (Å²) in [7, 11) is 0. The maximum absolute atomic E-state index is 10.9. The van der Waals surface area contributed by atoms with Crippen LogP contribution >= 0.6 is 0 Å². The number of amides is 1. The van der Waals surface area contributed by atoms with Gasteiger partial charge in [0.2, 0.25) is 5.91 Å². The zero-order chi connectivity index (χ0) is 11.1. The highest BCUT2D eigenvalue weighted by molar-refractivity contribution is 5.85. The first kappa shape index (κ1) is 12.4. The van der Waals surface area contributed by atoms with Gasteiger partial charge in [0.05, 0.1) is 13.0 Å². The second kappa shape index (κ2) is 5.92. The van der Waals surface area contributed by atoms with E-state index in [1.54, 1.807) is 0 Å². The molecule has 0 fully saturated rings. The number of carboxylic acids is 2. The number of aliphatic hydroxyl groups is 1. The summed E-state index contributed by atoms with van der Waals surface area (Å²) in [6.07, 6.45) is -0.678. The minimum Gasteiger partial charge on any atom is -0.481 e. The van der Waals surface area contributed by atoms with Crippen LogP contribution in [0, 0.1) is 0 Å². The van der Waals surface area contributed by atoms with Crippen molar-refractivity contribution in [1.29, 1.82) is 0 Å². The molecule has 0 aliphatic heterocycles. The van der Waals surface area contributed by atoms with E-state index in [1.165, 1.54) is 0 Å². The Morgan fingerprint density at radius 1 is 1.14 bits per heavy atom. The van der Waals surface area contributed by atoms with Crippen molar-refractivity contribution in [3.8, 4) is 0 Å². The van der Waals surface area contributed by atoms with Crippen LogP contribution in [-0.4, -0.2) is 45.8 Å². The Morgan fingerprint density at radius 3 is 2.07 bits per heavy atom. The van der Waals surface area contributed by atoms with Gasteiger partial charge in [0, 0.05) is 6.42 Å². The number of carbonyl (C=O) groups excluding carboxylic acids is 1. The van der Waals surface area contributed by atoms with E-state index in [9.17, 15) is 14.4 Å². The minimum atomic E-state index is -1.38. The lowest BCUT2D eigenvalue weighted by atomic mass is 10.2. The number of hydrogen-bond acceptors (Lipinski definition) is 4. The fraction of sp³-hybridized carbons (Fsp3) is 0.571. The first-order chi connectivity index (χ1) is 6.47. The van der Waals surface area contributed by atoms with Gasteiger partial charge in [-0.3, -0.25) is 9.59 Å². The van der Waals surface area contributed by atoms with Gasteiger partial charge in [0.1, 0.15) is 6.04 Å². The van der Waals surface area contributed by atoms with Crippen LogP contribution in [0.1, 0.15) is 12.8 Å². The van der Waals surface area contributed by atoms with E-state index in [0.717, 1.165) is 0 Å². The number of aliphatic hydroxyl groups excluding tert-OH is 1. The van der Waals surface area contributed by atoms with E-state index >= 15 is 0 Å². The molecule has 0 aliphatic carbocycles. The highest BCUT2D eigenvalue weighted by Crippen LogP contribution is 1.91. The third-order valence-corrected chi connectivity index (χ3v) is 1.38. The molecular weight excluding hydrogens is 194 g/mol. The summed E-state index contributed by atoms with van der Waals surface area (Å²) < 4.78 is 0. The van der Waals surface area contributed by atoms with Gasteiger partial charge in [-0.15, -0.1) is 0 Å². The third kappa shape index (κ3) is 5.09. The Kier molecular flexibility index (Phi) is 5.23. The zero-order valence-corrected chi connectivity index (χ0v) is 7.27. The number of rotatable bonds is 6. The van der Waals surface area contributed by atoms with Crippen LogP contribution in [0.2, 0.25) is 0 Å². The van der Waals surface area contributed by atoms with Crippen LogP contribution < -0.4 is 5.32 Å². The Balaban J connectivity index is 3.91. The fourth-order valence-electron chi connectivity index (χ4n) is 0.672. The Hall–Kier alpha value is -1.63. The molecule has 0 aromatic rings. The molecule has 14 heavy (non-hydrogen) atoms. The van der Waals surface area contributed by atoms with Crippen molar-refractivity contribution >= 4 is 17.8 Å². The molecule has 7 nitrogen and oxygen atoms in total. The lowest BCUT2D eigenvalue weighted by molar-refractivity contribution is -0.143. The second-order valence-corrected chi connectivity index (χ2v) is 2.53. The van der Waals surface area contributed by atoms with E-state index in [1.807, 2.05) is 5.32 Å². The number of carboxylic acid groups (broad SMARTS) is 2. The molecule has 0 saturated heterocycles. The largest absolute Gasteiger partial charge is 0.481 e. The van der Waals surface area contributed by atoms with Crippen LogP contribution in [0.3, 0.4) is 0 Å². The first-order valence-electron chi connectivity index (χ1n) is 3.82. The molecule has 0 unspecified atom stereocenters. The summed E-state index contributed by atoms with van der Waals surface area (Å²) in [6, 6.07) is -1.38. The van der Waals surface area contributed by atoms with Crippen molar-refractivity contribution in [3.05, 3.63) is 0 Å². The van der Waals surface area contributed by atoms with E-state index in [4.69, 9.17) is 15.3 Å². The summed E-state index contributed by atoms with van der Waals surface area (Å²) in [5, 5.41) is 27.1. The van der Waals surface area contributed by atoms with Gasteiger partial charge >= 0.3 is 11.9 Å². The summed E-state index contributed by atoms with van der Waals surface area (Å²) in [5.41, 5.74) is 0. The molecule has 0 aliphatic rings. The standard InChI is InChI=1S/C7H11NO6/c9-3-4(7(13)14)8-5(10)1-2-6(11)12/h4,9H,1-3H2,(H,8,10)(H,11,12)(H,13,14)/t4-/m1/s1. The zero-order valence-electron chi connectivity index (χ0n) is 7.27. The summed E-state index contributed by atoms with van der Waals surface area (Å²) in [4.78, 5) is 31.2. The average Bonchev–Trinajstić information content (AvgIpc) is 2.10. The van der Waals surface area contributed by atoms with Crippen LogP contribution in [0.4, 0.5) is 0 Å². The SMILES string of the molecule is O=C(O)CCC(=O)N[C@H](CO)C(=O)O. The van der Waals surface area contributed by atoms with E-state index in [-0.39, 0.29) is 12.8 Å². The van der Waals surface area contributed by atoms with Gasteiger partial charge in [-0.1, -0.05) is 0 Å². The molecule has 4 N–H and O–H groups in total. The lowest BCUT2D eigenvalue weighted by Gasteiger charge is -2.10. The van der Waals surface area contributed by atoms with Crippen molar-refractivity contribution in [2.45, 2.75) is 18.9 Å². The monoisotopic (exact) mass is 205 g/mol. The predicted octanol–water partition coefficient (Wildman–Crippen LogP) is -1.59. The number of carbonyl (C=O) groups is 3. The molecule has 0 saturated carbocycles. The highest BCUT2D eigenvalue weighted by Gasteiger charge is 2.18. The lowest BCUT2D eigenvalue weighted by Crippen LogP contribution is -2.43. The Bertz CT molecular complexity index is 238. The molecule has 0 bridgehead atoms. The number of nitrogens with one attached hydrogen (secondary N) is 1. The Labute approximate surface area is 79.3 Å². The molecule has 0 rings (SSSR count). The van der Waals surface area contributed by atoms with Crippen molar-refractivity contribution in [2.24, 2.45) is 0 Å². The van der Waals surface area contributed by atoms with Crippen LogP contribution in [0.5, 0.6) is 0 Å². The van der Waals surface area contributed by atoms with Gasteiger partial charge in [0.25, 0.3) is 0 Å². The molecule has 1 amide bonds. The summed E-state index contributed by atoms with van der Waals surface area (Å²) >= 11 is 0. The Morgan fingerprint density at radius 2 is 1.71 bits per heavy atom. The summed E-state index contributed by atoms with van der Waals surface area (Å²) in [5.74, 6) is -3.22. The number of hydrogen-bond donors (Lipinski definition) is 4. The van der Waals surface area contributed by atoms with Crippen molar-refractivity contribution < 1.29 is 29.7 Å². The minimum absolute atomic E-state index is 0.306. The van der Waals surface area contributed by atoms with Gasteiger partial charge in [-0.25, -0.2) is 4.79 Å². The third-order valence-electron chi connectivity index (χ3n) is 1.38. The molecule has 0 aromatic heterocycles. The number of aliphatic carboxylic acids is 2. The fourth-order valence-corrected chi connectivity index (χ4v) is 0.672. The molecule has 0 aromatic carbocycles. The van der Waals surface area contributed by atoms with Crippen LogP contribution in [0.25, 0.3) is 0 Å². The maximum Gasteiger partial charge on any atom is 0.328 e. The normalized spacial score (nSPS) is 11.8. The van der Waals surface area contributed by atoms with Gasteiger partial charge < -0.3 is 20.6 Å². The molecule has 0 spiro atoms. The topological polar surface area (TPSA) is 124 Å². The maximum atomic E-state index is 10.9. The van der Waals surface area contributed by atoms with Gasteiger partial charge in [0.15, 0.2) is 0 Å². The first-order valence-corrected chi connectivity index (χ1v) is 3.82. The predicted molar refractivity (Wildman–Crippen MR) is 43.5 cm³/mol. The molecule has 0 heterocycles. The van der Waals surface area contributed by atoms with Gasteiger partial charge in [-0.2, -0.15) is 0 Å². The molecular formula is C7H11NO6. The molecule has 7 heteroatoms. The van der Waals surface area contributed by atoms with E-state index in [0.29, 0.717) is 0 Å². The molecule has 1 atom stereocenters. The summed E-state index contributed by atoms with van der Waals surface area (Å²) in [6.45, 7) is -0.728. The van der Waals surface area contributed by atoms with Crippen LogP contribution in [-0.2, 0) is 14.4 Å². The smallest absolute Gasteiger partial charge is 0.328 e. The van der Waals surface area contributed by atoms with Crippen LogP contribution in [0.15, 0.2) is 0 Å². The molecule has 0 radical (unpaired) electrons. The highest BCUT2D eigenvalue weighted by atomic mass is 16.4. The molecule has 80 valence electrons. The van der Waals surface area contributed by atoms with E-state index < -0.39 is 30.5 Å². The van der Waals surface area contributed by atoms with E-state index in [2.05, 4.69) is 0 Å². The van der Waals surface area contributed by atoms with Gasteiger partial charge in [-0.05, 0) is 0 Å². The van der Waals surface area contributed by atoms with Crippen molar-refractivity contribution in [3.63, 3.8) is 0 Å². The average molecular weight is 205 g/mol. The second-order valence-electron chi connectivity index (χ2n) is 2.53. The van der Waals surface area contributed by atoms with Crippen molar-refractivity contribution in [1.82, 2.24) is 5.32 Å².